The van der Waals surface area contributed by atoms with Crippen molar-refractivity contribution in [2.75, 3.05) is 0 Å². The molecule has 0 rings (SSSR count). The van der Waals surface area contributed by atoms with Crippen LogP contribution in [0.2, 0.25) is 31.4 Å². The van der Waals surface area contributed by atoms with Gasteiger partial charge < -0.3 is 8.54 Å². The third-order valence-corrected chi connectivity index (χ3v) is 11.9. The average Bonchev–Trinajstić information content (AvgIpc) is 2.17. The SMILES string of the molecule is CCC(CC)O[Si]C(C)[Si](C)(C)O[Si](C)C. The van der Waals surface area contributed by atoms with E-state index in [0.717, 1.165) is 12.8 Å². The smallest absolute Gasteiger partial charge is 0.232 e. The third-order valence-electron chi connectivity index (χ3n) is 2.83. The van der Waals surface area contributed by atoms with Crippen molar-refractivity contribution in [2.45, 2.75) is 71.1 Å². The Bertz CT molecular complexity index is 182. The molecule has 0 aliphatic carbocycles. The first kappa shape index (κ1) is 16.6. The largest absolute Gasteiger partial charge is 0.456 e. The number of hydrogen-bond donors (Lipinski definition) is 0. The molecule has 0 aromatic carbocycles. The molecule has 0 aromatic heterocycles. The van der Waals surface area contributed by atoms with E-state index in [0.29, 0.717) is 21.0 Å². The molecule has 0 aliphatic heterocycles. The van der Waals surface area contributed by atoms with Gasteiger partial charge in [-0.3, -0.25) is 0 Å². The predicted molar refractivity (Wildman–Crippen MR) is 76.7 cm³/mol. The van der Waals surface area contributed by atoms with Crippen molar-refractivity contribution in [2.24, 2.45) is 0 Å². The van der Waals surface area contributed by atoms with E-state index in [1.165, 1.54) is 0 Å². The summed E-state index contributed by atoms with van der Waals surface area (Å²) in [6.07, 6.45) is 2.68. The molecule has 0 aromatic rings. The highest BCUT2D eigenvalue weighted by molar-refractivity contribution is 6.84. The fourth-order valence-electron chi connectivity index (χ4n) is 1.41. The van der Waals surface area contributed by atoms with Gasteiger partial charge in [0, 0.05) is 6.10 Å². The molecule has 2 nitrogen and oxygen atoms in total. The standard InChI is InChI=1S/C11H27O2Si3/c1-8-11(9-2)12-14-10(3)16(6,7)13-15(4)5/h10-11H,8-9H2,1-7H3. The van der Waals surface area contributed by atoms with Gasteiger partial charge >= 0.3 is 0 Å². The summed E-state index contributed by atoms with van der Waals surface area (Å²) in [4.78, 5) is 0. The van der Waals surface area contributed by atoms with Crippen LogP contribution in [-0.4, -0.2) is 33.2 Å². The summed E-state index contributed by atoms with van der Waals surface area (Å²) in [6.45, 7) is 15.8. The van der Waals surface area contributed by atoms with Gasteiger partial charge in [0.1, 0.15) is 0 Å². The lowest BCUT2D eigenvalue weighted by molar-refractivity contribution is 0.201. The Morgan fingerprint density at radius 1 is 1.19 bits per heavy atom. The molecule has 0 N–H and O–H groups in total. The fourth-order valence-corrected chi connectivity index (χ4v) is 8.93. The molecule has 95 valence electrons. The molecule has 0 saturated carbocycles. The van der Waals surface area contributed by atoms with Crippen molar-refractivity contribution < 1.29 is 8.54 Å². The van der Waals surface area contributed by atoms with Gasteiger partial charge in [0.15, 0.2) is 17.4 Å². The summed E-state index contributed by atoms with van der Waals surface area (Å²) < 4.78 is 12.1. The van der Waals surface area contributed by atoms with E-state index >= 15 is 0 Å². The summed E-state index contributed by atoms with van der Waals surface area (Å²) in [7, 11) is -1.50. The molecule has 0 heterocycles. The molecule has 0 spiro atoms. The Morgan fingerprint density at radius 3 is 2.06 bits per heavy atom. The molecule has 0 fully saturated rings. The topological polar surface area (TPSA) is 18.5 Å². The van der Waals surface area contributed by atoms with Crippen LogP contribution in [0.5, 0.6) is 0 Å². The number of hydrogen-bond acceptors (Lipinski definition) is 2. The van der Waals surface area contributed by atoms with E-state index in [1.54, 1.807) is 0 Å². The number of rotatable bonds is 8. The Balaban J connectivity index is 4.07. The van der Waals surface area contributed by atoms with Crippen molar-refractivity contribution in [3.05, 3.63) is 0 Å². The van der Waals surface area contributed by atoms with Crippen LogP contribution in [0, 0.1) is 0 Å². The molecule has 0 aliphatic rings. The summed E-state index contributed by atoms with van der Waals surface area (Å²) in [5.74, 6) is 0. The maximum Gasteiger partial charge on any atom is 0.232 e. The van der Waals surface area contributed by atoms with Crippen molar-refractivity contribution in [1.29, 1.82) is 0 Å². The molecule has 3 radical (unpaired) electrons. The van der Waals surface area contributed by atoms with E-state index in [9.17, 15) is 0 Å². The molecule has 16 heavy (non-hydrogen) atoms. The molecule has 0 amide bonds. The van der Waals surface area contributed by atoms with Gasteiger partial charge in [-0.15, -0.1) is 0 Å². The van der Waals surface area contributed by atoms with Gasteiger partial charge in [0.25, 0.3) is 0 Å². The lowest BCUT2D eigenvalue weighted by Gasteiger charge is -2.31. The average molecular weight is 276 g/mol. The molecular formula is C11H27O2Si3. The minimum Gasteiger partial charge on any atom is -0.456 e. The van der Waals surface area contributed by atoms with E-state index < -0.39 is 17.4 Å². The Hall–Kier alpha value is 0.571. The van der Waals surface area contributed by atoms with Crippen LogP contribution in [0.15, 0.2) is 0 Å². The van der Waals surface area contributed by atoms with Crippen LogP contribution in [0.25, 0.3) is 0 Å². The molecular weight excluding hydrogens is 248 g/mol. The second-order valence-corrected chi connectivity index (χ2v) is 13.6. The van der Waals surface area contributed by atoms with Gasteiger partial charge in [0.05, 0.1) is 0 Å². The first-order valence-corrected chi connectivity index (χ1v) is 12.6. The van der Waals surface area contributed by atoms with Gasteiger partial charge in [0.2, 0.25) is 9.76 Å². The lowest BCUT2D eigenvalue weighted by atomic mass is 10.2. The normalized spacial score (nSPS) is 14.8. The van der Waals surface area contributed by atoms with Crippen LogP contribution in [0.1, 0.15) is 33.6 Å². The van der Waals surface area contributed by atoms with Gasteiger partial charge in [-0.1, -0.05) is 20.8 Å². The van der Waals surface area contributed by atoms with Crippen molar-refractivity contribution in [3.8, 4) is 0 Å². The van der Waals surface area contributed by atoms with E-state index in [1.807, 2.05) is 0 Å². The zero-order chi connectivity index (χ0) is 12.8. The zero-order valence-corrected chi connectivity index (χ0v) is 14.9. The second-order valence-electron chi connectivity index (χ2n) is 5.01. The maximum absolute atomic E-state index is 6.17. The quantitative estimate of drug-likeness (QED) is 0.630. The molecule has 5 heteroatoms. The van der Waals surface area contributed by atoms with Gasteiger partial charge in [-0.05, 0) is 44.2 Å². The lowest BCUT2D eigenvalue weighted by Crippen LogP contribution is -2.42. The van der Waals surface area contributed by atoms with Crippen molar-refractivity contribution in [1.82, 2.24) is 0 Å². The Labute approximate surface area is 107 Å². The van der Waals surface area contributed by atoms with Crippen molar-refractivity contribution >= 4 is 27.1 Å². The van der Waals surface area contributed by atoms with E-state index in [-0.39, 0.29) is 0 Å². The van der Waals surface area contributed by atoms with Crippen LogP contribution < -0.4 is 0 Å². The summed E-state index contributed by atoms with van der Waals surface area (Å²) >= 11 is 0. The minimum atomic E-state index is -1.53. The first-order valence-electron chi connectivity index (χ1n) is 6.23. The first-order chi connectivity index (χ1) is 7.33. The highest BCUT2D eigenvalue weighted by Crippen LogP contribution is 2.23. The third kappa shape index (κ3) is 6.34. The second kappa shape index (κ2) is 7.81. The monoisotopic (exact) mass is 275 g/mol. The summed E-state index contributed by atoms with van der Waals surface area (Å²) in [5.41, 5.74) is 0. The molecule has 1 atom stereocenters. The summed E-state index contributed by atoms with van der Waals surface area (Å²) in [6, 6.07) is 0. The Kier molecular flexibility index (Phi) is 8.09. The van der Waals surface area contributed by atoms with Crippen molar-refractivity contribution in [3.63, 3.8) is 0 Å². The van der Waals surface area contributed by atoms with Crippen LogP contribution in [0.4, 0.5) is 0 Å². The minimum absolute atomic E-state index is 0.443. The van der Waals surface area contributed by atoms with Crippen LogP contribution in [0.3, 0.4) is 0 Å². The molecule has 0 bridgehead atoms. The van der Waals surface area contributed by atoms with Gasteiger partial charge in [-0.2, -0.15) is 0 Å². The summed E-state index contributed by atoms with van der Waals surface area (Å²) in [5, 5.41) is 0.605. The zero-order valence-electron chi connectivity index (χ0n) is 11.9. The van der Waals surface area contributed by atoms with Gasteiger partial charge in [-0.25, -0.2) is 0 Å². The predicted octanol–water partition coefficient (Wildman–Crippen LogP) is 3.63. The van der Waals surface area contributed by atoms with Crippen LogP contribution in [-0.2, 0) is 8.54 Å². The maximum atomic E-state index is 6.17. The highest BCUT2D eigenvalue weighted by Gasteiger charge is 2.32. The van der Waals surface area contributed by atoms with Crippen LogP contribution >= 0.6 is 0 Å². The van der Waals surface area contributed by atoms with E-state index in [4.69, 9.17) is 8.54 Å². The molecule has 0 saturated heterocycles. The fraction of sp³-hybridized carbons (Fsp3) is 1.00. The molecule has 1 unspecified atom stereocenters. The highest BCUT2D eigenvalue weighted by atomic mass is 28.4. The Morgan fingerprint density at radius 2 is 1.69 bits per heavy atom. The van der Waals surface area contributed by atoms with E-state index in [2.05, 4.69) is 47.0 Å².